The fourth-order valence-corrected chi connectivity index (χ4v) is 5.08. The predicted octanol–water partition coefficient (Wildman–Crippen LogP) is 1.91. The molecule has 2 unspecified atom stereocenters. The fourth-order valence-electron chi connectivity index (χ4n) is 2.83. The Hall–Kier alpha value is -1.51. The molecule has 1 heterocycles. The summed E-state index contributed by atoms with van der Waals surface area (Å²) in [6.45, 7) is 2.31. The lowest BCUT2D eigenvalue weighted by Gasteiger charge is -2.19. The summed E-state index contributed by atoms with van der Waals surface area (Å²) in [5.74, 6) is 0.505. The Morgan fingerprint density at radius 2 is 2.11 bits per heavy atom. The molecule has 0 saturated carbocycles. The van der Waals surface area contributed by atoms with Crippen molar-refractivity contribution in [3.8, 4) is 0 Å². The molecule has 3 N–H and O–H groups in total. The van der Waals surface area contributed by atoms with Crippen LogP contribution in [0, 0.1) is 0 Å². The summed E-state index contributed by atoms with van der Waals surface area (Å²) in [6, 6.07) is 4.90. The number of carbonyl (C=O) groups is 1. The molecule has 1 aliphatic heterocycles. The van der Waals surface area contributed by atoms with E-state index in [0.717, 1.165) is 5.56 Å². The molecule has 0 radical (unpaired) electrons. The van der Waals surface area contributed by atoms with Gasteiger partial charge >= 0.3 is 0 Å². The van der Waals surface area contributed by atoms with E-state index < -0.39 is 9.84 Å². The zero-order valence-corrected chi connectivity index (χ0v) is 17.6. The minimum absolute atomic E-state index is 0.0226. The highest BCUT2D eigenvalue weighted by Gasteiger charge is 2.28. The summed E-state index contributed by atoms with van der Waals surface area (Å²) in [4.78, 5) is 16.1. The molecule has 0 spiro atoms. The number of halogens is 2. The SMILES string of the molecule is CN=C(NCCC(=O)NC1CCS(=O)(=O)C1)NC(C)c1ccc(Cl)cc1Cl. The second kappa shape index (κ2) is 9.61. The van der Waals surface area contributed by atoms with Gasteiger partial charge < -0.3 is 16.0 Å². The number of amides is 1. The number of rotatable bonds is 6. The third-order valence-corrected chi connectivity index (χ3v) is 6.58. The van der Waals surface area contributed by atoms with E-state index in [-0.39, 0.29) is 35.9 Å². The van der Waals surface area contributed by atoms with Crippen LogP contribution in [-0.2, 0) is 14.6 Å². The van der Waals surface area contributed by atoms with E-state index in [1.165, 1.54) is 0 Å². The molecule has 10 heteroatoms. The van der Waals surface area contributed by atoms with Crippen molar-refractivity contribution in [1.29, 1.82) is 0 Å². The molecule has 1 fully saturated rings. The number of hydrogen-bond donors (Lipinski definition) is 3. The van der Waals surface area contributed by atoms with Gasteiger partial charge in [0.1, 0.15) is 0 Å². The van der Waals surface area contributed by atoms with Crippen molar-refractivity contribution in [2.24, 2.45) is 4.99 Å². The molecule has 1 saturated heterocycles. The van der Waals surface area contributed by atoms with Crippen molar-refractivity contribution < 1.29 is 13.2 Å². The van der Waals surface area contributed by atoms with Crippen LogP contribution in [0.1, 0.15) is 31.4 Å². The summed E-state index contributed by atoms with van der Waals surface area (Å²) < 4.78 is 22.8. The van der Waals surface area contributed by atoms with Gasteiger partial charge in [-0.2, -0.15) is 0 Å². The van der Waals surface area contributed by atoms with E-state index in [2.05, 4.69) is 20.9 Å². The highest BCUT2D eigenvalue weighted by atomic mass is 35.5. The van der Waals surface area contributed by atoms with Crippen molar-refractivity contribution in [2.75, 3.05) is 25.1 Å². The second-order valence-corrected chi connectivity index (χ2v) is 9.52. The third kappa shape index (κ3) is 6.86. The summed E-state index contributed by atoms with van der Waals surface area (Å²) in [6.07, 6.45) is 0.692. The van der Waals surface area contributed by atoms with E-state index in [9.17, 15) is 13.2 Å². The zero-order chi connectivity index (χ0) is 20.0. The third-order valence-electron chi connectivity index (χ3n) is 4.25. The quantitative estimate of drug-likeness (QED) is 0.468. The number of carbonyl (C=O) groups excluding carboxylic acids is 1. The molecule has 7 nitrogen and oxygen atoms in total. The van der Waals surface area contributed by atoms with E-state index in [1.807, 2.05) is 13.0 Å². The van der Waals surface area contributed by atoms with Crippen molar-refractivity contribution in [2.45, 2.75) is 31.8 Å². The van der Waals surface area contributed by atoms with Gasteiger partial charge in [0, 0.05) is 36.1 Å². The molecule has 1 amide bonds. The molecule has 2 rings (SSSR count). The van der Waals surface area contributed by atoms with E-state index in [0.29, 0.717) is 29.0 Å². The number of nitrogens with zero attached hydrogens (tertiary/aromatic N) is 1. The highest BCUT2D eigenvalue weighted by Crippen LogP contribution is 2.25. The van der Waals surface area contributed by atoms with Crippen LogP contribution in [0.4, 0.5) is 0 Å². The maximum Gasteiger partial charge on any atom is 0.222 e. The van der Waals surface area contributed by atoms with Crippen LogP contribution in [0.3, 0.4) is 0 Å². The largest absolute Gasteiger partial charge is 0.356 e. The van der Waals surface area contributed by atoms with Gasteiger partial charge in [0.25, 0.3) is 0 Å². The molecule has 27 heavy (non-hydrogen) atoms. The lowest BCUT2D eigenvalue weighted by atomic mass is 10.1. The molecule has 150 valence electrons. The molecule has 0 aromatic heterocycles. The van der Waals surface area contributed by atoms with Gasteiger partial charge in [0.05, 0.1) is 17.5 Å². The monoisotopic (exact) mass is 434 g/mol. The topological polar surface area (TPSA) is 99.7 Å². The van der Waals surface area contributed by atoms with Gasteiger partial charge in [-0.3, -0.25) is 9.79 Å². The number of sulfone groups is 1. The lowest BCUT2D eigenvalue weighted by molar-refractivity contribution is -0.121. The zero-order valence-electron chi connectivity index (χ0n) is 15.3. The number of nitrogens with one attached hydrogen (secondary N) is 3. The Bertz CT molecular complexity index is 814. The maximum atomic E-state index is 12.0. The Morgan fingerprint density at radius 1 is 1.37 bits per heavy atom. The first-order valence-electron chi connectivity index (χ1n) is 8.62. The Balaban J connectivity index is 1.77. The molecule has 1 aromatic rings. The second-order valence-electron chi connectivity index (χ2n) is 6.45. The van der Waals surface area contributed by atoms with Gasteiger partial charge in [-0.25, -0.2) is 8.42 Å². The maximum absolute atomic E-state index is 12.0. The van der Waals surface area contributed by atoms with Crippen LogP contribution >= 0.6 is 23.2 Å². The smallest absolute Gasteiger partial charge is 0.222 e. The van der Waals surface area contributed by atoms with E-state index in [4.69, 9.17) is 23.2 Å². The van der Waals surface area contributed by atoms with Gasteiger partial charge in [0.2, 0.25) is 5.91 Å². The molecule has 0 bridgehead atoms. The number of benzene rings is 1. The van der Waals surface area contributed by atoms with Crippen molar-refractivity contribution in [1.82, 2.24) is 16.0 Å². The molecular weight excluding hydrogens is 411 g/mol. The Kier molecular flexibility index (Phi) is 7.76. The van der Waals surface area contributed by atoms with Crippen molar-refractivity contribution >= 4 is 44.9 Å². The number of aliphatic imine (C=N–C) groups is 1. The molecule has 1 aliphatic rings. The highest BCUT2D eigenvalue weighted by molar-refractivity contribution is 7.91. The van der Waals surface area contributed by atoms with Crippen LogP contribution < -0.4 is 16.0 Å². The number of hydrogen-bond acceptors (Lipinski definition) is 4. The lowest BCUT2D eigenvalue weighted by Crippen LogP contribution is -2.41. The fraction of sp³-hybridized carbons (Fsp3) is 0.529. The van der Waals surface area contributed by atoms with Crippen LogP contribution in [0.15, 0.2) is 23.2 Å². The van der Waals surface area contributed by atoms with Gasteiger partial charge in [0.15, 0.2) is 15.8 Å². The van der Waals surface area contributed by atoms with Crippen molar-refractivity contribution in [3.05, 3.63) is 33.8 Å². The first-order valence-corrected chi connectivity index (χ1v) is 11.2. The molecule has 1 aromatic carbocycles. The first kappa shape index (κ1) is 21.8. The van der Waals surface area contributed by atoms with Crippen LogP contribution in [0.25, 0.3) is 0 Å². The standard InChI is InChI=1S/C17H24Cl2N4O3S/c1-11(14-4-3-12(18)9-15(14)19)22-17(20-2)21-7-5-16(24)23-13-6-8-27(25,26)10-13/h3-4,9,11,13H,5-8,10H2,1-2H3,(H,23,24)(H2,20,21,22). The van der Waals surface area contributed by atoms with E-state index >= 15 is 0 Å². The average molecular weight is 435 g/mol. The van der Waals surface area contributed by atoms with Gasteiger partial charge in [-0.1, -0.05) is 29.3 Å². The first-order chi connectivity index (χ1) is 12.7. The Morgan fingerprint density at radius 3 is 2.70 bits per heavy atom. The molecule has 0 aliphatic carbocycles. The number of guanidine groups is 1. The average Bonchev–Trinajstić information content (AvgIpc) is 2.92. The summed E-state index contributed by atoms with van der Waals surface area (Å²) >= 11 is 12.1. The summed E-state index contributed by atoms with van der Waals surface area (Å²) in [7, 11) is -1.37. The van der Waals surface area contributed by atoms with E-state index in [1.54, 1.807) is 19.2 Å². The van der Waals surface area contributed by atoms with Crippen molar-refractivity contribution in [3.63, 3.8) is 0 Å². The van der Waals surface area contributed by atoms with Crippen LogP contribution in [0.5, 0.6) is 0 Å². The van der Waals surface area contributed by atoms with Gasteiger partial charge in [-0.05, 0) is 31.0 Å². The summed E-state index contributed by atoms with van der Waals surface area (Å²) in [5, 5.41) is 10.2. The van der Waals surface area contributed by atoms with Gasteiger partial charge in [-0.15, -0.1) is 0 Å². The normalized spacial score (nSPS) is 20.1. The van der Waals surface area contributed by atoms with Crippen LogP contribution in [-0.4, -0.2) is 51.4 Å². The van der Waals surface area contributed by atoms with Crippen LogP contribution in [0.2, 0.25) is 10.0 Å². The minimum atomic E-state index is -3.00. The summed E-state index contributed by atoms with van der Waals surface area (Å²) in [5.41, 5.74) is 0.879. The molecule has 2 atom stereocenters. The predicted molar refractivity (Wildman–Crippen MR) is 109 cm³/mol. The molecular formula is C17H24Cl2N4O3S. The minimum Gasteiger partial charge on any atom is -0.356 e. The Labute approximate surface area is 169 Å².